The highest BCUT2D eigenvalue weighted by Crippen LogP contribution is 2.17. The van der Waals surface area contributed by atoms with Crippen molar-refractivity contribution < 1.29 is 9.90 Å². The molecule has 1 aliphatic heterocycles. The Balaban J connectivity index is 1.76. The molecule has 1 fully saturated rings. The van der Waals surface area contributed by atoms with Crippen molar-refractivity contribution in [3.05, 3.63) is 34.6 Å². The van der Waals surface area contributed by atoms with Gasteiger partial charge >= 0.3 is 5.97 Å². The Labute approximate surface area is 120 Å². The fourth-order valence-electron chi connectivity index (χ4n) is 2.63. The van der Waals surface area contributed by atoms with Crippen molar-refractivity contribution >= 4 is 16.9 Å². The van der Waals surface area contributed by atoms with E-state index in [1.165, 1.54) is 4.68 Å². The van der Waals surface area contributed by atoms with E-state index in [0.717, 1.165) is 0 Å². The summed E-state index contributed by atoms with van der Waals surface area (Å²) in [5.74, 6) is -1.02. The quantitative estimate of drug-likeness (QED) is 0.887. The molecule has 0 spiro atoms. The molecule has 2 heterocycles. The third kappa shape index (κ3) is 2.78. The van der Waals surface area contributed by atoms with Crippen molar-refractivity contribution in [2.24, 2.45) is 5.92 Å². The lowest BCUT2D eigenvalue weighted by molar-refractivity contribution is -0.143. The summed E-state index contributed by atoms with van der Waals surface area (Å²) in [5.41, 5.74) is 0.421. The van der Waals surface area contributed by atoms with E-state index in [9.17, 15) is 9.59 Å². The van der Waals surface area contributed by atoms with E-state index in [1.807, 2.05) is 11.0 Å². The van der Waals surface area contributed by atoms with Crippen LogP contribution < -0.4 is 5.56 Å². The summed E-state index contributed by atoms with van der Waals surface area (Å²) in [4.78, 5) is 25.3. The molecule has 7 heteroatoms. The minimum Gasteiger partial charge on any atom is -0.481 e. The zero-order chi connectivity index (χ0) is 14.8. The van der Waals surface area contributed by atoms with Gasteiger partial charge in [-0.15, -0.1) is 5.10 Å². The molecular formula is C14H16N4O3. The number of nitrogens with zero attached hydrogens (tertiary/aromatic N) is 4. The minimum absolute atomic E-state index is 0.166. The first-order valence-corrected chi connectivity index (χ1v) is 6.93. The van der Waals surface area contributed by atoms with Crippen molar-refractivity contribution in [1.29, 1.82) is 0 Å². The van der Waals surface area contributed by atoms with Crippen molar-refractivity contribution in [1.82, 2.24) is 19.9 Å². The van der Waals surface area contributed by atoms with Crippen LogP contribution in [0.3, 0.4) is 0 Å². The van der Waals surface area contributed by atoms with Crippen LogP contribution in [0.1, 0.15) is 12.8 Å². The van der Waals surface area contributed by atoms with Gasteiger partial charge in [0.05, 0.1) is 18.0 Å². The van der Waals surface area contributed by atoms with E-state index in [2.05, 4.69) is 10.3 Å². The molecule has 1 N–H and O–H groups in total. The number of carboxylic acids is 1. The number of aromatic nitrogens is 3. The zero-order valence-corrected chi connectivity index (χ0v) is 11.5. The first-order valence-electron chi connectivity index (χ1n) is 6.93. The molecular weight excluding hydrogens is 272 g/mol. The number of carboxylic acid groups (broad SMARTS) is 1. The lowest BCUT2D eigenvalue weighted by Gasteiger charge is -2.29. The summed E-state index contributed by atoms with van der Waals surface area (Å²) in [7, 11) is 0. The first kappa shape index (κ1) is 13.7. The van der Waals surface area contributed by atoms with Crippen LogP contribution in [0.2, 0.25) is 0 Å². The van der Waals surface area contributed by atoms with Gasteiger partial charge in [0, 0.05) is 13.1 Å². The lowest BCUT2D eigenvalue weighted by atomic mass is 9.97. The molecule has 1 aromatic carbocycles. The topological polar surface area (TPSA) is 88.3 Å². The number of rotatable bonds is 3. The fraction of sp³-hybridized carbons (Fsp3) is 0.429. The maximum Gasteiger partial charge on any atom is 0.306 e. The largest absolute Gasteiger partial charge is 0.481 e. The summed E-state index contributed by atoms with van der Waals surface area (Å²) in [6, 6.07) is 7.11. The molecule has 0 aliphatic carbocycles. The SMILES string of the molecule is O=C(O)C1CCN(Cn2nnc3ccccc3c2=O)CC1. The Morgan fingerprint density at radius 1 is 1.29 bits per heavy atom. The maximum atomic E-state index is 12.3. The normalized spacial score (nSPS) is 17.1. The van der Waals surface area contributed by atoms with Crippen LogP contribution in [0.25, 0.3) is 10.9 Å². The minimum atomic E-state index is -0.739. The highest BCUT2D eigenvalue weighted by Gasteiger charge is 2.24. The fourth-order valence-corrected chi connectivity index (χ4v) is 2.63. The summed E-state index contributed by atoms with van der Waals surface area (Å²) in [6.07, 6.45) is 1.20. The van der Waals surface area contributed by atoms with Gasteiger partial charge in [-0.1, -0.05) is 17.3 Å². The molecule has 21 heavy (non-hydrogen) atoms. The standard InChI is InChI=1S/C14H16N4O3/c19-13-11-3-1-2-4-12(11)15-16-18(13)9-17-7-5-10(6-8-17)14(20)21/h1-4,10H,5-9H2,(H,20,21). The van der Waals surface area contributed by atoms with Crippen LogP contribution in [0.5, 0.6) is 0 Å². The van der Waals surface area contributed by atoms with E-state index in [1.54, 1.807) is 18.2 Å². The maximum absolute atomic E-state index is 12.3. The molecule has 0 atom stereocenters. The molecule has 0 unspecified atom stereocenters. The van der Waals surface area contributed by atoms with Gasteiger partial charge in [-0.3, -0.25) is 14.5 Å². The van der Waals surface area contributed by atoms with Gasteiger partial charge in [-0.05, 0) is 25.0 Å². The van der Waals surface area contributed by atoms with Gasteiger partial charge in [-0.25, -0.2) is 0 Å². The molecule has 2 aromatic rings. The number of fused-ring (bicyclic) bond motifs is 1. The highest BCUT2D eigenvalue weighted by molar-refractivity contribution is 5.76. The molecule has 0 amide bonds. The van der Waals surface area contributed by atoms with Gasteiger partial charge in [-0.2, -0.15) is 4.68 Å². The molecule has 1 aliphatic rings. The van der Waals surface area contributed by atoms with Crippen molar-refractivity contribution in [3.8, 4) is 0 Å². The van der Waals surface area contributed by atoms with E-state index >= 15 is 0 Å². The Morgan fingerprint density at radius 2 is 2.00 bits per heavy atom. The van der Waals surface area contributed by atoms with Crippen LogP contribution in [0, 0.1) is 5.92 Å². The van der Waals surface area contributed by atoms with Crippen LogP contribution >= 0.6 is 0 Å². The number of piperidine rings is 1. The Morgan fingerprint density at radius 3 is 2.71 bits per heavy atom. The number of carbonyl (C=O) groups is 1. The summed E-state index contributed by atoms with van der Waals surface area (Å²) >= 11 is 0. The second-order valence-electron chi connectivity index (χ2n) is 5.28. The van der Waals surface area contributed by atoms with Gasteiger partial charge in [0.15, 0.2) is 0 Å². The zero-order valence-electron chi connectivity index (χ0n) is 11.5. The molecule has 1 saturated heterocycles. The lowest BCUT2D eigenvalue weighted by Crippen LogP contribution is -2.40. The first-order chi connectivity index (χ1) is 10.1. The average molecular weight is 288 g/mol. The number of aliphatic carboxylic acids is 1. The molecule has 1 aromatic heterocycles. The average Bonchev–Trinajstić information content (AvgIpc) is 2.51. The van der Waals surface area contributed by atoms with Gasteiger partial charge < -0.3 is 5.11 Å². The van der Waals surface area contributed by atoms with Crippen LogP contribution in [0.4, 0.5) is 0 Å². The van der Waals surface area contributed by atoms with Gasteiger partial charge in [0.2, 0.25) is 0 Å². The smallest absolute Gasteiger partial charge is 0.306 e. The van der Waals surface area contributed by atoms with Gasteiger partial charge in [0.1, 0.15) is 5.52 Å². The highest BCUT2D eigenvalue weighted by atomic mass is 16.4. The van der Waals surface area contributed by atoms with Crippen LogP contribution in [-0.2, 0) is 11.5 Å². The van der Waals surface area contributed by atoms with E-state index in [0.29, 0.717) is 43.5 Å². The molecule has 0 bridgehead atoms. The van der Waals surface area contributed by atoms with Crippen molar-refractivity contribution in [2.75, 3.05) is 13.1 Å². The monoisotopic (exact) mass is 288 g/mol. The molecule has 0 saturated carbocycles. The number of likely N-dealkylation sites (tertiary alicyclic amines) is 1. The molecule has 0 radical (unpaired) electrons. The Bertz CT molecular complexity index is 719. The summed E-state index contributed by atoms with van der Waals surface area (Å²) in [5, 5.41) is 17.5. The van der Waals surface area contributed by atoms with Crippen molar-refractivity contribution in [3.63, 3.8) is 0 Å². The van der Waals surface area contributed by atoms with E-state index < -0.39 is 5.97 Å². The number of hydrogen-bond donors (Lipinski definition) is 1. The predicted molar refractivity (Wildman–Crippen MR) is 75.7 cm³/mol. The molecule has 110 valence electrons. The Hall–Kier alpha value is -2.28. The third-order valence-corrected chi connectivity index (χ3v) is 3.90. The van der Waals surface area contributed by atoms with Gasteiger partial charge in [0.25, 0.3) is 5.56 Å². The van der Waals surface area contributed by atoms with Crippen LogP contribution in [-0.4, -0.2) is 44.1 Å². The predicted octanol–water partition coefficient (Wildman–Crippen LogP) is 0.546. The Kier molecular flexibility index (Phi) is 3.66. The van der Waals surface area contributed by atoms with E-state index in [4.69, 9.17) is 5.11 Å². The summed E-state index contributed by atoms with van der Waals surface area (Å²) < 4.78 is 1.34. The third-order valence-electron chi connectivity index (χ3n) is 3.90. The second-order valence-corrected chi connectivity index (χ2v) is 5.28. The molecule has 7 nitrogen and oxygen atoms in total. The van der Waals surface area contributed by atoms with E-state index in [-0.39, 0.29) is 11.5 Å². The number of benzene rings is 1. The second kappa shape index (κ2) is 5.61. The summed E-state index contributed by atoms with van der Waals surface area (Å²) in [6.45, 7) is 1.65. The number of hydrogen-bond acceptors (Lipinski definition) is 5. The van der Waals surface area contributed by atoms with Crippen molar-refractivity contribution in [2.45, 2.75) is 19.5 Å². The van der Waals surface area contributed by atoms with Crippen LogP contribution in [0.15, 0.2) is 29.1 Å². The molecule has 3 rings (SSSR count).